The van der Waals surface area contributed by atoms with Crippen LogP contribution in [0, 0.1) is 5.92 Å². The third kappa shape index (κ3) is 8.38. The summed E-state index contributed by atoms with van der Waals surface area (Å²) in [5.41, 5.74) is 7.87. The zero-order valence-corrected chi connectivity index (χ0v) is 22.7. The van der Waals surface area contributed by atoms with Crippen molar-refractivity contribution in [2.75, 3.05) is 0 Å². The van der Waals surface area contributed by atoms with Crippen LogP contribution in [0.25, 0.3) is 10.9 Å². The number of aromatic amines is 2. The predicted molar refractivity (Wildman–Crippen MR) is 147 cm³/mol. The van der Waals surface area contributed by atoms with Gasteiger partial charge in [0.25, 0.3) is 0 Å². The number of carbonyl (C=O) groups excluding carboxylic acids is 3. The van der Waals surface area contributed by atoms with Crippen molar-refractivity contribution in [3.63, 3.8) is 0 Å². The molecular formula is C27H35N7O7. The van der Waals surface area contributed by atoms with E-state index >= 15 is 0 Å². The van der Waals surface area contributed by atoms with Crippen LogP contribution in [0.15, 0.2) is 43.0 Å². The first-order valence-corrected chi connectivity index (χ1v) is 13.1. The number of imidazole rings is 1. The average molecular weight is 570 g/mol. The molecule has 3 rings (SSSR count). The molecule has 41 heavy (non-hydrogen) atoms. The van der Waals surface area contributed by atoms with Gasteiger partial charge in [0.15, 0.2) is 0 Å². The van der Waals surface area contributed by atoms with Crippen molar-refractivity contribution < 1.29 is 34.2 Å². The van der Waals surface area contributed by atoms with E-state index in [0.29, 0.717) is 17.7 Å². The minimum Gasteiger partial charge on any atom is -0.481 e. The Balaban J connectivity index is 1.79. The molecule has 5 unspecified atom stereocenters. The predicted octanol–water partition coefficient (Wildman–Crippen LogP) is 0.0633. The molecular weight excluding hydrogens is 534 g/mol. The molecule has 5 atom stereocenters. The normalized spacial score (nSPS) is 14.8. The number of hydrogen-bond acceptors (Lipinski definition) is 7. The van der Waals surface area contributed by atoms with Crippen LogP contribution in [0.3, 0.4) is 0 Å². The van der Waals surface area contributed by atoms with Gasteiger partial charge in [-0.05, 0) is 17.5 Å². The van der Waals surface area contributed by atoms with Crippen LogP contribution in [0.1, 0.15) is 37.9 Å². The van der Waals surface area contributed by atoms with E-state index in [1.165, 1.54) is 12.5 Å². The lowest BCUT2D eigenvalue weighted by Crippen LogP contribution is -2.58. The van der Waals surface area contributed by atoms with E-state index in [4.69, 9.17) is 5.73 Å². The Kier molecular flexibility index (Phi) is 10.6. The Bertz CT molecular complexity index is 1370. The Labute approximate surface area is 235 Å². The van der Waals surface area contributed by atoms with Gasteiger partial charge in [-0.15, -0.1) is 0 Å². The first-order valence-electron chi connectivity index (χ1n) is 13.1. The minimum atomic E-state index is -1.53. The van der Waals surface area contributed by atoms with Gasteiger partial charge in [-0.2, -0.15) is 0 Å². The number of amides is 3. The first-order chi connectivity index (χ1) is 19.5. The van der Waals surface area contributed by atoms with Crippen LogP contribution in [0.2, 0.25) is 0 Å². The number of carbonyl (C=O) groups is 5. The summed E-state index contributed by atoms with van der Waals surface area (Å²) in [5.74, 6) is -5.35. The van der Waals surface area contributed by atoms with E-state index in [1.807, 2.05) is 31.2 Å². The Morgan fingerprint density at radius 2 is 1.59 bits per heavy atom. The highest BCUT2D eigenvalue weighted by Crippen LogP contribution is 2.19. The highest BCUT2D eigenvalue weighted by Gasteiger charge is 2.32. The summed E-state index contributed by atoms with van der Waals surface area (Å²) in [4.78, 5) is 72.5. The van der Waals surface area contributed by atoms with Crippen LogP contribution in [0.4, 0.5) is 0 Å². The highest BCUT2D eigenvalue weighted by atomic mass is 16.4. The second kappa shape index (κ2) is 14.1. The molecule has 0 fully saturated rings. The van der Waals surface area contributed by atoms with Gasteiger partial charge in [0.2, 0.25) is 17.7 Å². The van der Waals surface area contributed by atoms with Gasteiger partial charge < -0.3 is 41.9 Å². The fourth-order valence-corrected chi connectivity index (χ4v) is 4.25. The van der Waals surface area contributed by atoms with Crippen LogP contribution < -0.4 is 21.7 Å². The molecule has 0 radical (unpaired) electrons. The standard InChI is InChI=1S/C27H35N7O7/c1-3-14(2)23(28)26(39)33-20(10-22(35)36)25(38)32-19(9-16-12-29-13-31-16)24(37)34-21(27(40)41)8-15-11-30-18-7-5-4-6-17(15)18/h4-7,11-14,19-21,23,30H,3,8-10,28H2,1-2H3,(H,29,31)(H,32,38)(H,33,39)(H,34,37)(H,35,36)(H,40,41). The molecule has 220 valence electrons. The van der Waals surface area contributed by atoms with Crippen molar-refractivity contribution in [1.29, 1.82) is 0 Å². The number of aromatic nitrogens is 3. The van der Waals surface area contributed by atoms with E-state index in [-0.39, 0.29) is 18.8 Å². The lowest BCUT2D eigenvalue weighted by Gasteiger charge is -2.25. The van der Waals surface area contributed by atoms with Crippen LogP contribution in [-0.2, 0) is 36.8 Å². The quantitative estimate of drug-likeness (QED) is 0.123. The number of aliphatic carboxylic acids is 2. The summed E-state index contributed by atoms with van der Waals surface area (Å²) in [7, 11) is 0. The summed E-state index contributed by atoms with van der Waals surface area (Å²) in [6, 6.07) is 2.13. The molecule has 0 saturated heterocycles. The van der Waals surface area contributed by atoms with Crippen LogP contribution in [-0.4, -0.2) is 79.0 Å². The van der Waals surface area contributed by atoms with Crippen LogP contribution >= 0.6 is 0 Å². The molecule has 14 heteroatoms. The number of fused-ring (bicyclic) bond motifs is 1. The lowest BCUT2D eigenvalue weighted by molar-refractivity contribution is -0.143. The fraction of sp³-hybridized carbons (Fsp3) is 0.407. The molecule has 2 aromatic heterocycles. The molecule has 2 heterocycles. The maximum atomic E-state index is 13.4. The van der Waals surface area contributed by atoms with E-state index in [0.717, 1.165) is 10.9 Å². The summed E-state index contributed by atoms with van der Waals surface area (Å²) in [6.45, 7) is 3.58. The number of nitrogens with zero attached hydrogens (tertiary/aromatic N) is 1. The SMILES string of the molecule is CCC(C)C(N)C(=O)NC(CC(=O)O)C(=O)NC(Cc1cnc[nH]1)C(=O)NC(Cc1c[nH]c2ccccc12)C(=O)O. The Morgan fingerprint density at radius 1 is 0.927 bits per heavy atom. The third-order valence-corrected chi connectivity index (χ3v) is 6.90. The lowest BCUT2D eigenvalue weighted by atomic mass is 9.99. The number of benzene rings is 1. The smallest absolute Gasteiger partial charge is 0.326 e. The monoisotopic (exact) mass is 569 g/mol. The van der Waals surface area contributed by atoms with Gasteiger partial charge in [0.1, 0.15) is 18.1 Å². The molecule has 0 aliphatic rings. The van der Waals surface area contributed by atoms with Crippen LogP contribution in [0.5, 0.6) is 0 Å². The summed E-state index contributed by atoms with van der Waals surface area (Å²) >= 11 is 0. The number of nitrogens with two attached hydrogens (primary N) is 1. The van der Waals surface area contributed by atoms with Gasteiger partial charge >= 0.3 is 11.9 Å². The van der Waals surface area contributed by atoms with Gasteiger partial charge in [-0.3, -0.25) is 19.2 Å². The zero-order valence-electron chi connectivity index (χ0n) is 22.7. The minimum absolute atomic E-state index is 0.0407. The molecule has 1 aromatic carbocycles. The average Bonchev–Trinajstić information content (AvgIpc) is 3.60. The van der Waals surface area contributed by atoms with Crippen molar-refractivity contribution in [2.45, 2.75) is 63.7 Å². The Morgan fingerprint density at radius 3 is 2.22 bits per heavy atom. The highest BCUT2D eigenvalue weighted by molar-refractivity contribution is 5.96. The molecule has 9 N–H and O–H groups in total. The number of H-pyrrole nitrogens is 2. The number of carboxylic acids is 2. The summed E-state index contributed by atoms with van der Waals surface area (Å²) < 4.78 is 0. The van der Waals surface area contributed by atoms with Crippen molar-refractivity contribution in [3.05, 3.63) is 54.2 Å². The van der Waals surface area contributed by atoms with E-state index in [9.17, 15) is 34.2 Å². The summed E-state index contributed by atoms with van der Waals surface area (Å²) in [6.07, 6.45) is 4.13. The Hall–Kier alpha value is -4.72. The number of rotatable bonds is 15. The van der Waals surface area contributed by atoms with E-state index in [2.05, 4.69) is 30.9 Å². The molecule has 3 aromatic rings. The largest absolute Gasteiger partial charge is 0.481 e. The second-order valence-electron chi connectivity index (χ2n) is 9.88. The molecule has 3 amide bonds. The van der Waals surface area contributed by atoms with E-state index in [1.54, 1.807) is 13.1 Å². The second-order valence-corrected chi connectivity index (χ2v) is 9.88. The molecule has 0 saturated carbocycles. The van der Waals surface area contributed by atoms with Crippen molar-refractivity contribution in [3.8, 4) is 0 Å². The number of nitrogens with one attached hydrogen (secondary N) is 5. The van der Waals surface area contributed by atoms with Crippen molar-refractivity contribution in [1.82, 2.24) is 30.9 Å². The maximum absolute atomic E-state index is 13.4. The molecule has 0 bridgehead atoms. The fourth-order valence-electron chi connectivity index (χ4n) is 4.25. The third-order valence-electron chi connectivity index (χ3n) is 6.90. The topological polar surface area (TPSA) is 232 Å². The van der Waals surface area contributed by atoms with E-state index < -0.39 is 60.2 Å². The number of carboxylic acid groups (broad SMARTS) is 2. The zero-order chi connectivity index (χ0) is 30.1. The first kappa shape index (κ1) is 30.8. The van der Waals surface area contributed by atoms with Gasteiger partial charge in [0.05, 0.1) is 18.8 Å². The van der Waals surface area contributed by atoms with Gasteiger partial charge in [0, 0.05) is 41.8 Å². The summed E-state index contributed by atoms with van der Waals surface area (Å²) in [5, 5.41) is 27.3. The van der Waals surface area contributed by atoms with Crippen molar-refractivity contribution >= 4 is 40.6 Å². The van der Waals surface area contributed by atoms with Crippen molar-refractivity contribution in [2.24, 2.45) is 11.7 Å². The van der Waals surface area contributed by atoms with Gasteiger partial charge in [-0.1, -0.05) is 38.5 Å². The number of para-hydroxylation sites is 1. The molecule has 14 nitrogen and oxygen atoms in total. The molecule has 0 aliphatic heterocycles. The number of hydrogen-bond donors (Lipinski definition) is 8. The molecule has 0 aliphatic carbocycles. The maximum Gasteiger partial charge on any atom is 0.326 e. The van der Waals surface area contributed by atoms with Gasteiger partial charge in [-0.25, -0.2) is 9.78 Å². The molecule has 0 spiro atoms.